The van der Waals surface area contributed by atoms with Crippen molar-refractivity contribution in [1.82, 2.24) is 0 Å². The average Bonchev–Trinajstić information content (AvgIpc) is 2.28. The molecule has 20 heavy (non-hydrogen) atoms. The van der Waals surface area contributed by atoms with Crippen molar-refractivity contribution in [1.29, 1.82) is 0 Å². The molecule has 0 atom stereocenters. The molecule has 0 heterocycles. The Labute approximate surface area is 121 Å². The van der Waals surface area contributed by atoms with Crippen LogP contribution in [0.3, 0.4) is 0 Å². The summed E-state index contributed by atoms with van der Waals surface area (Å²) in [4.78, 5) is 10.9. The highest BCUT2D eigenvalue weighted by molar-refractivity contribution is 5.69. The number of aliphatic carboxylic acids is 1. The molecule has 0 aliphatic heterocycles. The second-order valence-electron chi connectivity index (χ2n) is 7.08. The lowest BCUT2D eigenvalue weighted by molar-refractivity contribution is -0.304. The Hall–Kier alpha value is -1.51. The van der Waals surface area contributed by atoms with Crippen molar-refractivity contribution in [3.63, 3.8) is 0 Å². The van der Waals surface area contributed by atoms with E-state index in [4.69, 9.17) is 0 Å². The van der Waals surface area contributed by atoms with Crippen molar-refractivity contribution in [3.8, 4) is 5.75 Å². The molecule has 112 valence electrons. The van der Waals surface area contributed by atoms with Crippen LogP contribution in [0.1, 0.15) is 64.7 Å². The van der Waals surface area contributed by atoms with E-state index in [9.17, 15) is 15.0 Å². The number of hydrogen-bond acceptors (Lipinski definition) is 3. The fourth-order valence-corrected chi connectivity index (χ4v) is 2.24. The second kappa shape index (κ2) is 5.47. The van der Waals surface area contributed by atoms with Crippen molar-refractivity contribution in [2.75, 3.05) is 0 Å². The van der Waals surface area contributed by atoms with E-state index in [2.05, 4.69) is 20.8 Å². The monoisotopic (exact) mass is 277 g/mol. The van der Waals surface area contributed by atoms with E-state index in [0.717, 1.165) is 17.5 Å². The molecular formula is C17H25O3-. The molecule has 0 aliphatic carbocycles. The summed E-state index contributed by atoms with van der Waals surface area (Å²) in [5, 5.41) is 21.5. The van der Waals surface area contributed by atoms with Crippen molar-refractivity contribution in [3.05, 3.63) is 28.8 Å². The first-order valence-electron chi connectivity index (χ1n) is 7.05. The average molecular weight is 277 g/mol. The molecular weight excluding hydrogens is 252 g/mol. The third-order valence-corrected chi connectivity index (χ3v) is 3.94. The predicted octanol–water partition coefficient (Wildman–Crippen LogP) is 2.67. The van der Waals surface area contributed by atoms with Crippen LogP contribution in [0.25, 0.3) is 0 Å². The van der Waals surface area contributed by atoms with Crippen LogP contribution in [0.5, 0.6) is 5.75 Å². The zero-order valence-corrected chi connectivity index (χ0v) is 13.3. The van der Waals surface area contributed by atoms with E-state index in [1.165, 1.54) is 0 Å². The Bertz CT molecular complexity index is 508. The zero-order chi connectivity index (χ0) is 15.7. The normalized spacial score (nSPS) is 12.5. The third-order valence-electron chi connectivity index (χ3n) is 3.94. The van der Waals surface area contributed by atoms with Crippen LogP contribution < -0.4 is 5.11 Å². The lowest BCUT2D eigenvalue weighted by Crippen LogP contribution is -2.25. The largest absolute Gasteiger partial charge is 0.550 e. The van der Waals surface area contributed by atoms with Crippen molar-refractivity contribution in [2.24, 2.45) is 0 Å². The highest BCUT2D eigenvalue weighted by Gasteiger charge is 2.28. The zero-order valence-electron chi connectivity index (χ0n) is 13.3. The SMILES string of the molecule is CCC(C)(C)c1cc(CC(=O)[O-])cc(C(C)(C)C)c1O. The molecule has 1 rings (SSSR count). The van der Waals surface area contributed by atoms with E-state index in [-0.39, 0.29) is 23.0 Å². The van der Waals surface area contributed by atoms with Crippen LogP contribution in [0.2, 0.25) is 0 Å². The molecule has 1 aromatic carbocycles. The summed E-state index contributed by atoms with van der Waals surface area (Å²) in [5.74, 6) is -0.817. The number of phenolic OH excluding ortho intramolecular Hbond substituents is 1. The van der Waals surface area contributed by atoms with Crippen LogP contribution in [0.15, 0.2) is 12.1 Å². The molecule has 0 amide bonds. The van der Waals surface area contributed by atoms with Gasteiger partial charge >= 0.3 is 0 Å². The number of aromatic hydroxyl groups is 1. The number of carboxylic acid groups (broad SMARTS) is 1. The number of phenols is 1. The first-order valence-corrected chi connectivity index (χ1v) is 7.05. The summed E-state index contributed by atoms with van der Waals surface area (Å²) in [6.07, 6.45) is 0.731. The van der Waals surface area contributed by atoms with Crippen LogP contribution in [0, 0.1) is 0 Å². The maximum Gasteiger partial charge on any atom is 0.123 e. The van der Waals surface area contributed by atoms with Crippen LogP contribution in [-0.4, -0.2) is 11.1 Å². The minimum Gasteiger partial charge on any atom is -0.550 e. The number of hydrogen-bond donors (Lipinski definition) is 1. The summed E-state index contributed by atoms with van der Waals surface area (Å²) < 4.78 is 0. The third kappa shape index (κ3) is 3.53. The van der Waals surface area contributed by atoms with Crippen molar-refractivity contribution >= 4 is 5.97 Å². The first-order chi connectivity index (χ1) is 8.99. The number of carboxylic acids is 1. The minimum atomic E-state index is -1.10. The molecule has 0 bridgehead atoms. The van der Waals surface area contributed by atoms with Gasteiger partial charge < -0.3 is 15.0 Å². The van der Waals surface area contributed by atoms with E-state index in [1.54, 1.807) is 12.1 Å². The van der Waals surface area contributed by atoms with Gasteiger partial charge in [-0.05, 0) is 28.4 Å². The van der Waals surface area contributed by atoms with Gasteiger partial charge in [-0.15, -0.1) is 0 Å². The summed E-state index contributed by atoms with van der Waals surface area (Å²) in [6.45, 7) is 12.2. The van der Waals surface area contributed by atoms with Crippen molar-refractivity contribution < 1.29 is 15.0 Å². The van der Waals surface area contributed by atoms with Gasteiger partial charge in [-0.25, -0.2) is 0 Å². The minimum absolute atomic E-state index is 0.129. The molecule has 0 aromatic heterocycles. The number of benzene rings is 1. The van der Waals surface area contributed by atoms with Gasteiger partial charge in [0.1, 0.15) is 5.75 Å². The van der Waals surface area contributed by atoms with Crippen LogP contribution >= 0.6 is 0 Å². The number of carbonyl (C=O) groups excluding carboxylic acids is 1. The molecule has 0 unspecified atom stereocenters. The van der Waals surface area contributed by atoms with Crippen molar-refractivity contribution in [2.45, 2.75) is 65.2 Å². The predicted molar refractivity (Wildman–Crippen MR) is 78.8 cm³/mol. The van der Waals surface area contributed by atoms with Crippen LogP contribution in [0.4, 0.5) is 0 Å². The van der Waals surface area contributed by atoms with Gasteiger partial charge in [0, 0.05) is 18.0 Å². The lowest BCUT2D eigenvalue weighted by atomic mass is 9.76. The quantitative estimate of drug-likeness (QED) is 0.920. The van der Waals surface area contributed by atoms with Gasteiger partial charge in [-0.1, -0.05) is 53.7 Å². The van der Waals surface area contributed by atoms with Gasteiger partial charge in [-0.3, -0.25) is 0 Å². The van der Waals surface area contributed by atoms with Gasteiger partial charge in [0.15, 0.2) is 0 Å². The fraction of sp³-hybridized carbons (Fsp3) is 0.588. The molecule has 1 N–H and O–H groups in total. The Kier molecular flexibility index (Phi) is 4.52. The highest BCUT2D eigenvalue weighted by Crippen LogP contribution is 2.41. The smallest absolute Gasteiger partial charge is 0.123 e. The Balaban J connectivity index is 3.55. The first kappa shape index (κ1) is 16.5. The maximum absolute atomic E-state index is 10.9. The number of rotatable bonds is 4. The van der Waals surface area contributed by atoms with E-state index >= 15 is 0 Å². The Morgan fingerprint density at radius 3 is 2.05 bits per heavy atom. The van der Waals surface area contributed by atoms with Gasteiger partial charge in [0.25, 0.3) is 0 Å². The summed E-state index contributed by atoms with van der Waals surface area (Å²) in [7, 11) is 0. The maximum atomic E-state index is 10.9. The molecule has 0 spiro atoms. The van der Waals surface area contributed by atoms with Gasteiger partial charge in [0.05, 0.1) is 0 Å². The molecule has 0 fully saturated rings. The highest BCUT2D eigenvalue weighted by atomic mass is 16.4. The second-order valence-corrected chi connectivity index (χ2v) is 7.08. The molecule has 1 aromatic rings. The summed E-state index contributed by atoms with van der Waals surface area (Å²) in [5.41, 5.74) is 1.83. The van der Waals surface area contributed by atoms with Gasteiger partial charge in [-0.2, -0.15) is 0 Å². The van der Waals surface area contributed by atoms with Crippen LogP contribution in [-0.2, 0) is 22.0 Å². The molecule has 0 radical (unpaired) electrons. The Morgan fingerprint density at radius 2 is 1.65 bits per heavy atom. The lowest BCUT2D eigenvalue weighted by Gasteiger charge is -2.30. The molecule has 3 nitrogen and oxygen atoms in total. The molecule has 0 saturated heterocycles. The Morgan fingerprint density at radius 1 is 1.15 bits per heavy atom. The van der Waals surface area contributed by atoms with Gasteiger partial charge in [0.2, 0.25) is 0 Å². The fourth-order valence-electron chi connectivity index (χ4n) is 2.24. The summed E-state index contributed by atoms with van der Waals surface area (Å²) >= 11 is 0. The topological polar surface area (TPSA) is 60.4 Å². The van der Waals surface area contributed by atoms with E-state index < -0.39 is 5.97 Å². The van der Waals surface area contributed by atoms with E-state index in [1.807, 2.05) is 20.8 Å². The molecule has 0 aliphatic rings. The number of carbonyl (C=O) groups is 1. The molecule has 3 heteroatoms. The molecule has 0 saturated carbocycles. The summed E-state index contributed by atoms with van der Waals surface area (Å²) in [6, 6.07) is 3.57. The standard InChI is InChI=1S/C17H26O3/c1-7-17(5,6)13-9-11(10-14(18)19)8-12(15(13)20)16(2,3)4/h8-9,20H,7,10H2,1-6H3,(H,18,19)/p-1. The van der Waals surface area contributed by atoms with E-state index in [0.29, 0.717) is 5.56 Å².